The highest BCUT2D eigenvalue weighted by Gasteiger charge is 2.41. The van der Waals surface area contributed by atoms with Gasteiger partial charge in [-0.1, -0.05) is 30.3 Å². The van der Waals surface area contributed by atoms with Gasteiger partial charge in [0.15, 0.2) is 0 Å². The molecule has 2 fully saturated rings. The highest BCUT2D eigenvalue weighted by molar-refractivity contribution is 5.83. The zero-order chi connectivity index (χ0) is 17.2. The third-order valence-electron chi connectivity index (χ3n) is 5.69. The number of benzene rings is 1. The molecule has 2 N–H and O–H groups in total. The molecule has 2 heterocycles. The Morgan fingerprint density at radius 2 is 1.88 bits per heavy atom. The Balaban J connectivity index is 1.61. The van der Waals surface area contributed by atoms with Gasteiger partial charge in [-0.3, -0.25) is 9.59 Å². The van der Waals surface area contributed by atoms with Crippen LogP contribution in [0.1, 0.15) is 44.2 Å². The van der Waals surface area contributed by atoms with E-state index < -0.39 is 6.04 Å². The van der Waals surface area contributed by atoms with E-state index in [-0.39, 0.29) is 17.2 Å². The first-order valence-corrected chi connectivity index (χ1v) is 8.92. The van der Waals surface area contributed by atoms with E-state index in [0.29, 0.717) is 6.42 Å². The molecule has 0 saturated carbocycles. The molecular weight excluding hydrogens is 302 g/mol. The normalized spacial score (nSPS) is 21.8. The fourth-order valence-corrected chi connectivity index (χ4v) is 4.00. The fourth-order valence-electron chi connectivity index (χ4n) is 4.00. The Bertz CT molecular complexity index is 594. The predicted octanol–water partition coefficient (Wildman–Crippen LogP) is 1.94. The molecule has 130 valence electrons. The van der Waals surface area contributed by atoms with Crippen LogP contribution in [-0.4, -0.2) is 47.8 Å². The molecule has 0 aliphatic carbocycles. The van der Waals surface area contributed by atoms with E-state index in [1.54, 1.807) is 0 Å². The van der Waals surface area contributed by atoms with Gasteiger partial charge in [0.05, 0.1) is 0 Å². The van der Waals surface area contributed by atoms with Gasteiger partial charge >= 0.3 is 0 Å². The second kappa shape index (κ2) is 6.93. The number of rotatable bonds is 3. The molecule has 2 amide bonds. The second-order valence-corrected chi connectivity index (χ2v) is 7.12. The maximum atomic E-state index is 12.7. The average molecular weight is 329 g/mol. The summed E-state index contributed by atoms with van der Waals surface area (Å²) in [7, 11) is 0. The van der Waals surface area contributed by atoms with Gasteiger partial charge in [0.1, 0.15) is 6.04 Å². The van der Waals surface area contributed by atoms with Crippen LogP contribution >= 0.6 is 0 Å². The summed E-state index contributed by atoms with van der Waals surface area (Å²) in [4.78, 5) is 28.5. The smallest absolute Gasteiger partial charge is 0.244 e. The number of hydrogen-bond donors (Lipinski definition) is 1. The molecular formula is C19H27N3O2. The maximum Gasteiger partial charge on any atom is 0.244 e. The average Bonchev–Trinajstić information content (AvgIpc) is 2.64. The molecule has 0 bridgehead atoms. The summed E-state index contributed by atoms with van der Waals surface area (Å²) in [5, 5.41) is 0. The van der Waals surface area contributed by atoms with Crippen LogP contribution in [0.3, 0.4) is 0 Å². The molecule has 2 saturated heterocycles. The topological polar surface area (TPSA) is 66.6 Å². The molecule has 1 atom stereocenters. The Kier molecular flexibility index (Phi) is 4.90. The van der Waals surface area contributed by atoms with Gasteiger partial charge in [0.2, 0.25) is 11.8 Å². The van der Waals surface area contributed by atoms with E-state index in [4.69, 9.17) is 5.73 Å². The number of piperidine rings is 2. The summed E-state index contributed by atoms with van der Waals surface area (Å²) in [5.41, 5.74) is 7.21. The lowest BCUT2D eigenvalue weighted by atomic mass is 9.72. The minimum absolute atomic E-state index is 0.00952. The zero-order valence-electron chi connectivity index (χ0n) is 14.4. The highest BCUT2D eigenvalue weighted by atomic mass is 16.2. The van der Waals surface area contributed by atoms with Crippen molar-refractivity contribution in [2.24, 2.45) is 11.1 Å². The van der Waals surface area contributed by atoms with Gasteiger partial charge in [-0.2, -0.15) is 0 Å². The molecule has 2 aliphatic rings. The van der Waals surface area contributed by atoms with Gasteiger partial charge < -0.3 is 15.5 Å². The summed E-state index contributed by atoms with van der Waals surface area (Å²) in [6.07, 6.45) is 3.52. The lowest BCUT2D eigenvalue weighted by Gasteiger charge is -2.47. The number of amides is 2. The SMILES string of the molecule is CCN1CC2(CCC1=O)CCN(C(=O)[C@H](N)c1ccccc1)CC2. The third kappa shape index (κ3) is 3.31. The Morgan fingerprint density at radius 1 is 1.21 bits per heavy atom. The number of hydrogen-bond acceptors (Lipinski definition) is 3. The van der Waals surface area contributed by atoms with Crippen molar-refractivity contribution in [3.8, 4) is 0 Å². The van der Waals surface area contributed by atoms with Crippen LogP contribution in [0.5, 0.6) is 0 Å². The van der Waals surface area contributed by atoms with Crippen molar-refractivity contribution in [2.45, 2.75) is 38.6 Å². The first-order valence-electron chi connectivity index (χ1n) is 8.92. The molecule has 5 nitrogen and oxygen atoms in total. The molecule has 1 aromatic rings. The van der Waals surface area contributed by atoms with Crippen LogP contribution in [0.2, 0.25) is 0 Å². The molecule has 2 aliphatic heterocycles. The first kappa shape index (κ1) is 17.0. The van der Waals surface area contributed by atoms with Crippen molar-refractivity contribution in [1.29, 1.82) is 0 Å². The zero-order valence-corrected chi connectivity index (χ0v) is 14.4. The van der Waals surface area contributed by atoms with E-state index >= 15 is 0 Å². The van der Waals surface area contributed by atoms with Crippen molar-refractivity contribution in [2.75, 3.05) is 26.2 Å². The van der Waals surface area contributed by atoms with Crippen molar-refractivity contribution >= 4 is 11.8 Å². The van der Waals surface area contributed by atoms with E-state index in [1.165, 1.54) is 0 Å². The molecule has 1 aromatic carbocycles. The lowest BCUT2D eigenvalue weighted by Crippen LogP contribution is -2.53. The Morgan fingerprint density at radius 3 is 2.50 bits per heavy atom. The van der Waals surface area contributed by atoms with Crippen molar-refractivity contribution in [3.63, 3.8) is 0 Å². The van der Waals surface area contributed by atoms with Gasteiger partial charge in [0, 0.05) is 32.6 Å². The van der Waals surface area contributed by atoms with E-state index in [9.17, 15) is 9.59 Å². The van der Waals surface area contributed by atoms with Gasteiger partial charge in [-0.05, 0) is 37.2 Å². The minimum Gasteiger partial charge on any atom is -0.342 e. The van der Waals surface area contributed by atoms with Gasteiger partial charge in [-0.25, -0.2) is 0 Å². The van der Waals surface area contributed by atoms with Gasteiger partial charge in [0.25, 0.3) is 0 Å². The number of likely N-dealkylation sites (tertiary alicyclic amines) is 2. The summed E-state index contributed by atoms with van der Waals surface area (Å²) < 4.78 is 0. The summed E-state index contributed by atoms with van der Waals surface area (Å²) >= 11 is 0. The number of nitrogens with zero attached hydrogens (tertiary/aromatic N) is 2. The van der Waals surface area contributed by atoms with Gasteiger partial charge in [-0.15, -0.1) is 0 Å². The molecule has 1 spiro atoms. The summed E-state index contributed by atoms with van der Waals surface area (Å²) in [5.74, 6) is 0.281. The number of carbonyl (C=O) groups excluding carboxylic acids is 2. The second-order valence-electron chi connectivity index (χ2n) is 7.12. The van der Waals surface area contributed by atoms with Crippen LogP contribution in [0.25, 0.3) is 0 Å². The molecule has 24 heavy (non-hydrogen) atoms. The quantitative estimate of drug-likeness (QED) is 0.921. The van der Waals surface area contributed by atoms with Crippen LogP contribution in [-0.2, 0) is 9.59 Å². The summed E-state index contributed by atoms with van der Waals surface area (Å²) in [6.45, 7) is 5.14. The molecule has 0 unspecified atom stereocenters. The van der Waals surface area contributed by atoms with Crippen LogP contribution in [0.4, 0.5) is 0 Å². The van der Waals surface area contributed by atoms with E-state index in [2.05, 4.69) is 0 Å². The minimum atomic E-state index is -0.583. The monoisotopic (exact) mass is 329 g/mol. The molecule has 0 aromatic heterocycles. The Labute approximate surface area is 143 Å². The molecule has 5 heteroatoms. The van der Waals surface area contributed by atoms with Crippen LogP contribution in [0.15, 0.2) is 30.3 Å². The molecule has 3 rings (SSSR count). The fraction of sp³-hybridized carbons (Fsp3) is 0.579. The summed E-state index contributed by atoms with van der Waals surface area (Å²) in [6, 6.07) is 8.97. The van der Waals surface area contributed by atoms with E-state index in [0.717, 1.165) is 51.0 Å². The highest BCUT2D eigenvalue weighted by Crippen LogP contribution is 2.40. The number of nitrogens with two attached hydrogens (primary N) is 1. The predicted molar refractivity (Wildman–Crippen MR) is 93.1 cm³/mol. The molecule has 0 radical (unpaired) electrons. The van der Waals surface area contributed by atoms with Crippen molar-refractivity contribution in [3.05, 3.63) is 35.9 Å². The maximum absolute atomic E-state index is 12.7. The van der Waals surface area contributed by atoms with E-state index in [1.807, 2.05) is 47.1 Å². The van der Waals surface area contributed by atoms with Crippen LogP contribution < -0.4 is 5.73 Å². The largest absolute Gasteiger partial charge is 0.342 e. The lowest BCUT2D eigenvalue weighted by molar-refractivity contribution is -0.142. The third-order valence-corrected chi connectivity index (χ3v) is 5.69. The Hall–Kier alpha value is -1.88. The van der Waals surface area contributed by atoms with Crippen molar-refractivity contribution in [1.82, 2.24) is 9.80 Å². The standard InChI is InChI=1S/C19H27N3O2/c1-2-21-14-19(9-8-16(21)23)10-12-22(13-11-19)18(24)17(20)15-6-4-3-5-7-15/h3-7,17H,2,8-14,20H2,1H3/t17-/m1/s1. The first-order chi connectivity index (χ1) is 11.5. The van der Waals surface area contributed by atoms with Crippen molar-refractivity contribution < 1.29 is 9.59 Å². The number of carbonyl (C=O) groups is 2. The van der Waals surface area contributed by atoms with Crippen LogP contribution in [0, 0.1) is 5.41 Å².